The van der Waals surface area contributed by atoms with Gasteiger partial charge < -0.3 is 5.32 Å². The fraction of sp³-hybridized carbons (Fsp3) is 0.875. The quantitative estimate of drug-likeness (QED) is 0.185. The second-order valence-electron chi connectivity index (χ2n) is 8.52. The van der Waals surface area contributed by atoms with Crippen molar-refractivity contribution in [1.82, 2.24) is 5.32 Å². The number of rotatable bonds is 19. The molecule has 0 radical (unpaired) electrons. The standard InChI is InChI=1S/C24H47NO/c1-22(2)20-18-16-14-12-10-8-6-5-7-9-11-13-15-17-19-21-25-24(26)23(3)4/h22H,3,5-21H2,1-2,4H3,(H,25,26). The molecule has 0 aromatic carbocycles. The molecule has 154 valence electrons. The smallest absolute Gasteiger partial charge is 0.246 e. The average Bonchev–Trinajstić information content (AvgIpc) is 2.60. The summed E-state index contributed by atoms with van der Waals surface area (Å²) in [6, 6.07) is 0. The molecule has 1 N–H and O–H groups in total. The SMILES string of the molecule is C=C(C)C(=O)NCCCCCCCCCCCCCCCCCC(C)C. The third-order valence-corrected chi connectivity index (χ3v) is 5.13. The monoisotopic (exact) mass is 365 g/mol. The minimum absolute atomic E-state index is 0.00359. The van der Waals surface area contributed by atoms with Gasteiger partial charge >= 0.3 is 0 Å². The van der Waals surface area contributed by atoms with Crippen LogP contribution in [0.25, 0.3) is 0 Å². The molecule has 0 aromatic heterocycles. The summed E-state index contributed by atoms with van der Waals surface area (Å²) in [5, 5.41) is 2.90. The summed E-state index contributed by atoms with van der Waals surface area (Å²) in [6.45, 7) is 10.8. The van der Waals surface area contributed by atoms with Crippen LogP contribution in [0.5, 0.6) is 0 Å². The van der Waals surface area contributed by atoms with E-state index >= 15 is 0 Å². The lowest BCUT2D eigenvalue weighted by atomic mass is 10.0. The molecule has 0 saturated heterocycles. The highest BCUT2D eigenvalue weighted by molar-refractivity contribution is 5.91. The molecular formula is C24H47NO. The van der Waals surface area contributed by atoms with Gasteiger partial charge in [0.2, 0.25) is 5.91 Å². The van der Waals surface area contributed by atoms with Crippen molar-refractivity contribution in [2.24, 2.45) is 5.92 Å². The molecule has 0 aliphatic heterocycles. The second kappa shape index (κ2) is 19.0. The van der Waals surface area contributed by atoms with E-state index in [0.29, 0.717) is 5.57 Å². The number of hydrogen-bond acceptors (Lipinski definition) is 1. The largest absolute Gasteiger partial charge is 0.352 e. The molecule has 0 rings (SSSR count). The molecule has 26 heavy (non-hydrogen) atoms. The molecular weight excluding hydrogens is 318 g/mol. The van der Waals surface area contributed by atoms with Crippen LogP contribution in [0.15, 0.2) is 12.2 Å². The first-order valence-corrected chi connectivity index (χ1v) is 11.5. The van der Waals surface area contributed by atoms with Crippen LogP contribution in [0.3, 0.4) is 0 Å². The zero-order chi connectivity index (χ0) is 19.5. The molecule has 2 heteroatoms. The molecule has 0 aromatic rings. The van der Waals surface area contributed by atoms with Crippen molar-refractivity contribution >= 4 is 5.91 Å². The summed E-state index contributed by atoms with van der Waals surface area (Å²) < 4.78 is 0. The maximum Gasteiger partial charge on any atom is 0.246 e. The molecule has 0 fully saturated rings. The minimum Gasteiger partial charge on any atom is -0.352 e. The first-order chi connectivity index (χ1) is 12.5. The number of carbonyl (C=O) groups excluding carboxylic acids is 1. The van der Waals surface area contributed by atoms with Crippen LogP contribution in [0.2, 0.25) is 0 Å². The highest BCUT2D eigenvalue weighted by Gasteiger charge is 1.99. The van der Waals surface area contributed by atoms with Crippen molar-refractivity contribution in [3.05, 3.63) is 12.2 Å². The van der Waals surface area contributed by atoms with E-state index in [-0.39, 0.29) is 5.91 Å². The van der Waals surface area contributed by atoms with Crippen molar-refractivity contribution in [2.75, 3.05) is 6.54 Å². The maximum atomic E-state index is 11.3. The summed E-state index contributed by atoms with van der Waals surface area (Å²) >= 11 is 0. The van der Waals surface area contributed by atoms with Crippen LogP contribution in [-0.4, -0.2) is 12.5 Å². The molecule has 0 saturated carbocycles. The van der Waals surface area contributed by atoms with Gasteiger partial charge in [0.05, 0.1) is 0 Å². The Kier molecular flexibility index (Phi) is 18.4. The molecule has 0 atom stereocenters. The van der Waals surface area contributed by atoms with Gasteiger partial charge in [0.15, 0.2) is 0 Å². The van der Waals surface area contributed by atoms with Crippen LogP contribution in [0, 0.1) is 5.92 Å². The van der Waals surface area contributed by atoms with Crippen molar-refractivity contribution in [1.29, 1.82) is 0 Å². The topological polar surface area (TPSA) is 29.1 Å². The first-order valence-electron chi connectivity index (χ1n) is 11.5. The Labute approximate surface area is 164 Å². The molecule has 0 aliphatic rings. The number of carbonyl (C=O) groups is 1. The lowest BCUT2D eigenvalue weighted by Gasteiger charge is -2.05. The van der Waals surface area contributed by atoms with Crippen molar-refractivity contribution in [3.8, 4) is 0 Å². The highest BCUT2D eigenvalue weighted by atomic mass is 16.1. The van der Waals surface area contributed by atoms with Crippen molar-refractivity contribution < 1.29 is 4.79 Å². The van der Waals surface area contributed by atoms with Gasteiger partial charge in [0.25, 0.3) is 0 Å². The van der Waals surface area contributed by atoms with Crippen LogP contribution in [0.1, 0.15) is 124 Å². The first kappa shape index (κ1) is 25.2. The molecule has 0 aliphatic carbocycles. The Morgan fingerprint density at radius 1 is 0.692 bits per heavy atom. The van der Waals surface area contributed by atoms with Crippen LogP contribution < -0.4 is 5.32 Å². The van der Waals surface area contributed by atoms with Gasteiger partial charge in [-0.2, -0.15) is 0 Å². The van der Waals surface area contributed by atoms with E-state index < -0.39 is 0 Å². The van der Waals surface area contributed by atoms with E-state index in [1.165, 1.54) is 96.3 Å². The summed E-state index contributed by atoms with van der Waals surface area (Å²) in [4.78, 5) is 11.3. The van der Waals surface area contributed by atoms with Crippen LogP contribution in [-0.2, 0) is 4.79 Å². The molecule has 2 nitrogen and oxygen atoms in total. The Hall–Kier alpha value is -0.790. The third-order valence-electron chi connectivity index (χ3n) is 5.13. The van der Waals surface area contributed by atoms with E-state index in [1.54, 1.807) is 6.92 Å². The Morgan fingerprint density at radius 2 is 1.04 bits per heavy atom. The van der Waals surface area contributed by atoms with E-state index in [2.05, 4.69) is 25.7 Å². The van der Waals surface area contributed by atoms with Crippen molar-refractivity contribution in [3.63, 3.8) is 0 Å². The number of hydrogen-bond donors (Lipinski definition) is 1. The third kappa shape index (κ3) is 19.5. The summed E-state index contributed by atoms with van der Waals surface area (Å²) in [7, 11) is 0. The molecule has 0 bridgehead atoms. The second-order valence-corrected chi connectivity index (χ2v) is 8.52. The van der Waals surface area contributed by atoms with E-state index in [4.69, 9.17) is 0 Å². The predicted octanol–water partition coefficient (Wildman–Crippen LogP) is 7.58. The lowest BCUT2D eigenvalue weighted by Crippen LogP contribution is -2.24. The fourth-order valence-corrected chi connectivity index (χ4v) is 3.33. The normalized spacial score (nSPS) is 11.1. The summed E-state index contributed by atoms with van der Waals surface area (Å²) in [5.74, 6) is 0.875. The minimum atomic E-state index is -0.00359. The Bertz CT molecular complexity index is 335. The molecule has 1 amide bonds. The molecule has 0 spiro atoms. The van der Waals surface area contributed by atoms with Gasteiger partial charge in [0.1, 0.15) is 0 Å². The fourth-order valence-electron chi connectivity index (χ4n) is 3.33. The Morgan fingerprint density at radius 3 is 1.38 bits per heavy atom. The highest BCUT2D eigenvalue weighted by Crippen LogP contribution is 2.14. The number of amides is 1. The van der Waals surface area contributed by atoms with Gasteiger partial charge in [-0.05, 0) is 19.3 Å². The maximum absolute atomic E-state index is 11.3. The number of unbranched alkanes of at least 4 members (excludes halogenated alkanes) is 14. The van der Waals surface area contributed by atoms with Gasteiger partial charge in [-0.1, -0.05) is 117 Å². The lowest BCUT2D eigenvalue weighted by molar-refractivity contribution is -0.117. The molecule has 0 heterocycles. The zero-order valence-electron chi connectivity index (χ0n) is 18.2. The van der Waals surface area contributed by atoms with Gasteiger partial charge in [-0.25, -0.2) is 0 Å². The van der Waals surface area contributed by atoms with Crippen LogP contribution >= 0.6 is 0 Å². The Balaban J connectivity index is 3.07. The average molecular weight is 366 g/mol. The summed E-state index contributed by atoms with van der Waals surface area (Å²) in [5.41, 5.74) is 0.603. The predicted molar refractivity (Wildman–Crippen MR) is 117 cm³/mol. The zero-order valence-corrected chi connectivity index (χ0v) is 18.2. The summed E-state index contributed by atoms with van der Waals surface area (Å²) in [6.07, 6.45) is 22.1. The molecule has 0 unspecified atom stereocenters. The van der Waals surface area contributed by atoms with E-state index in [9.17, 15) is 4.79 Å². The van der Waals surface area contributed by atoms with Gasteiger partial charge in [0, 0.05) is 12.1 Å². The van der Waals surface area contributed by atoms with Gasteiger partial charge in [-0.15, -0.1) is 0 Å². The van der Waals surface area contributed by atoms with Crippen molar-refractivity contribution in [2.45, 2.75) is 124 Å². The van der Waals surface area contributed by atoms with Crippen LogP contribution in [0.4, 0.5) is 0 Å². The number of nitrogens with one attached hydrogen (secondary N) is 1. The van der Waals surface area contributed by atoms with E-state index in [1.807, 2.05) is 0 Å². The van der Waals surface area contributed by atoms with Gasteiger partial charge in [-0.3, -0.25) is 4.79 Å². The van der Waals surface area contributed by atoms with E-state index in [0.717, 1.165) is 18.9 Å².